The summed E-state index contributed by atoms with van der Waals surface area (Å²) in [5, 5.41) is 9.84. The van der Waals surface area contributed by atoms with Crippen molar-refractivity contribution in [1.29, 1.82) is 0 Å². The highest BCUT2D eigenvalue weighted by Crippen LogP contribution is 2.24. The second-order valence-electron chi connectivity index (χ2n) is 5.10. The van der Waals surface area contributed by atoms with Crippen LogP contribution in [0.2, 0.25) is 0 Å². The van der Waals surface area contributed by atoms with Crippen LogP contribution in [-0.2, 0) is 16.6 Å². The van der Waals surface area contributed by atoms with Crippen molar-refractivity contribution >= 4 is 15.7 Å². The Labute approximate surface area is 131 Å². The molecule has 0 saturated carbocycles. The fourth-order valence-electron chi connectivity index (χ4n) is 2.17. The molecule has 0 saturated heterocycles. The molecule has 0 aliphatic heterocycles. The van der Waals surface area contributed by atoms with Crippen molar-refractivity contribution in [3.8, 4) is 0 Å². The van der Waals surface area contributed by atoms with Gasteiger partial charge in [-0.1, -0.05) is 42.5 Å². The number of hydrogen-bond acceptors (Lipinski definition) is 4. The second-order valence-corrected chi connectivity index (χ2v) is 7.01. The molecule has 118 valence electrons. The maximum absolute atomic E-state index is 12.1. The van der Waals surface area contributed by atoms with Gasteiger partial charge in [-0.3, -0.25) is 4.31 Å². The Bertz CT molecular complexity index is 717. The van der Waals surface area contributed by atoms with Crippen molar-refractivity contribution in [3.63, 3.8) is 0 Å². The van der Waals surface area contributed by atoms with Gasteiger partial charge in [-0.15, -0.1) is 0 Å². The zero-order chi connectivity index (χ0) is 16.2. The van der Waals surface area contributed by atoms with E-state index in [0.29, 0.717) is 11.3 Å². The molecule has 0 aromatic heterocycles. The molecule has 6 heteroatoms. The molecule has 1 unspecified atom stereocenters. The van der Waals surface area contributed by atoms with Crippen LogP contribution in [0, 0.1) is 0 Å². The highest BCUT2D eigenvalue weighted by atomic mass is 32.2. The molecule has 0 amide bonds. The van der Waals surface area contributed by atoms with Crippen LogP contribution in [0.15, 0.2) is 54.6 Å². The van der Waals surface area contributed by atoms with E-state index >= 15 is 0 Å². The van der Waals surface area contributed by atoms with E-state index in [4.69, 9.17) is 5.73 Å². The van der Waals surface area contributed by atoms with Crippen LogP contribution in [0.25, 0.3) is 0 Å². The number of nitrogens with zero attached hydrogens (tertiary/aromatic N) is 1. The topological polar surface area (TPSA) is 83.6 Å². The molecule has 3 N–H and O–H groups in total. The van der Waals surface area contributed by atoms with E-state index in [-0.39, 0.29) is 13.1 Å². The summed E-state index contributed by atoms with van der Waals surface area (Å²) in [5.74, 6) is 0. The smallest absolute Gasteiger partial charge is 0.232 e. The average Bonchev–Trinajstić information content (AvgIpc) is 2.52. The minimum Gasteiger partial charge on any atom is -0.387 e. The third-order valence-corrected chi connectivity index (χ3v) is 4.48. The Kier molecular flexibility index (Phi) is 5.18. The van der Waals surface area contributed by atoms with Gasteiger partial charge in [-0.2, -0.15) is 0 Å². The largest absolute Gasteiger partial charge is 0.387 e. The first-order chi connectivity index (χ1) is 10.4. The Morgan fingerprint density at radius 2 is 1.82 bits per heavy atom. The number of aliphatic hydroxyl groups excluding tert-OH is 1. The summed E-state index contributed by atoms with van der Waals surface area (Å²) < 4.78 is 25.6. The molecule has 0 aliphatic rings. The predicted octanol–water partition coefficient (Wildman–Crippen LogP) is 1.64. The average molecular weight is 320 g/mol. The summed E-state index contributed by atoms with van der Waals surface area (Å²) in [4.78, 5) is 0. The molecule has 2 rings (SSSR count). The fraction of sp³-hybridized carbons (Fsp3) is 0.250. The first kappa shape index (κ1) is 16.5. The van der Waals surface area contributed by atoms with Gasteiger partial charge in [-0.25, -0.2) is 8.42 Å². The van der Waals surface area contributed by atoms with Crippen LogP contribution >= 0.6 is 0 Å². The number of nitrogens with two attached hydrogens (primary N) is 1. The molecular formula is C16H20N2O3S. The SMILES string of the molecule is CS(=O)(=O)N(Cc1ccccc1)c1cccc(C(O)CN)c1. The third-order valence-electron chi connectivity index (χ3n) is 3.34. The molecule has 1 atom stereocenters. The molecule has 0 aliphatic carbocycles. The minimum absolute atomic E-state index is 0.0843. The molecule has 0 heterocycles. The first-order valence-corrected chi connectivity index (χ1v) is 8.76. The number of benzene rings is 2. The van der Waals surface area contributed by atoms with Crippen LogP contribution in [0.5, 0.6) is 0 Å². The van der Waals surface area contributed by atoms with E-state index in [1.165, 1.54) is 10.6 Å². The second kappa shape index (κ2) is 6.91. The number of rotatable bonds is 6. The highest BCUT2D eigenvalue weighted by Gasteiger charge is 2.19. The highest BCUT2D eigenvalue weighted by molar-refractivity contribution is 7.92. The Hall–Kier alpha value is -1.89. The molecule has 2 aromatic rings. The van der Waals surface area contributed by atoms with Gasteiger partial charge in [-0.05, 0) is 23.3 Å². The van der Waals surface area contributed by atoms with Crippen molar-refractivity contribution < 1.29 is 13.5 Å². The molecule has 0 fully saturated rings. The van der Waals surface area contributed by atoms with Crippen LogP contribution in [0.1, 0.15) is 17.2 Å². The lowest BCUT2D eigenvalue weighted by Crippen LogP contribution is -2.29. The molecular weight excluding hydrogens is 300 g/mol. The van der Waals surface area contributed by atoms with Crippen LogP contribution in [0.4, 0.5) is 5.69 Å². The Morgan fingerprint density at radius 3 is 2.41 bits per heavy atom. The van der Waals surface area contributed by atoms with Crippen LogP contribution in [0.3, 0.4) is 0 Å². The maximum Gasteiger partial charge on any atom is 0.232 e. The monoisotopic (exact) mass is 320 g/mol. The Balaban J connectivity index is 2.38. The maximum atomic E-state index is 12.1. The fourth-order valence-corrected chi connectivity index (χ4v) is 3.05. The van der Waals surface area contributed by atoms with E-state index in [0.717, 1.165) is 5.56 Å². The summed E-state index contributed by atoms with van der Waals surface area (Å²) in [6, 6.07) is 16.2. The van der Waals surface area contributed by atoms with Crippen molar-refractivity contribution in [1.82, 2.24) is 0 Å². The van der Waals surface area contributed by atoms with E-state index < -0.39 is 16.1 Å². The molecule has 0 bridgehead atoms. The standard InChI is InChI=1S/C16H20N2O3S/c1-22(20,21)18(12-13-6-3-2-4-7-13)15-9-5-8-14(10-15)16(19)11-17/h2-10,16,19H,11-12,17H2,1H3. The van der Waals surface area contributed by atoms with Crippen molar-refractivity contribution in [2.75, 3.05) is 17.1 Å². The normalized spacial score (nSPS) is 12.9. The zero-order valence-electron chi connectivity index (χ0n) is 12.4. The number of aliphatic hydroxyl groups is 1. The Morgan fingerprint density at radius 1 is 1.14 bits per heavy atom. The van der Waals surface area contributed by atoms with Crippen molar-refractivity contribution in [2.45, 2.75) is 12.6 Å². The quantitative estimate of drug-likeness (QED) is 0.847. The van der Waals surface area contributed by atoms with Gasteiger partial charge < -0.3 is 10.8 Å². The van der Waals surface area contributed by atoms with Gasteiger partial charge in [0.1, 0.15) is 0 Å². The third kappa shape index (κ3) is 4.07. The van der Waals surface area contributed by atoms with Crippen molar-refractivity contribution in [3.05, 3.63) is 65.7 Å². The summed E-state index contributed by atoms with van der Waals surface area (Å²) >= 11 is 0. The molecule has 22 heavy (non-hydrogen) atoms. The van der Waals surface area contributed by atoms with Crippen LogP contribution < -0.4 is 10.0 Å². The van der Waals surface area contributed by atoms with Gasteiger partial charge in [0.15, 0.2) is 0 Å². The molecule has 5 nitrogen and oxygen atoms in total. The van der Waals surface area contributed by atoms with Gasteiger partial charge in [0.2, 0.25) is 10.0 Å². The van der Waals surface area contributed by atoms with Gasteiger partial charge >= 0.3 is 0 Å². The minimum atomic E-state index is -3.44. The van der Waals surface area contributed by atoms with E-state index in [1.54, 1.807) is 24.3 Å². The first-order valence-electron chi connectivity index (χ1n) is 6.91. The summed E-state index contributed by atoms with van der Waals surface area (Å²) in [6.07, 6.45) is 0.361. The van der Waals surface area contributed by atoms with Crippen molar-refractivity contribution in [2.24, 2.45) is 5.73 Å². The molecule has 0 spiro atoms. The predicted molar refractivity (Wildman–Crippen MR) is 87.9 cm³/mol. The molecule has 0 radical (unpaired) electrons. The van der Waals surface area contributed by atoms with Gasteiger partial charge in [0.05, 0.1) is 24.6 Å². The van der Waals surface area contributed by atoms with E-state index in [9.17, 15) is 13.5 Å². The van der Waals surface area contributed by atoms with Gasteiger partial charge in [0, 0.05) is 6.54 Å². The zero-order valence-corrected chi connectivity index (χ0v) is 13.2. The number of sulfonamides is 1. The lowest BCUT2D eigenvalue weighted by atomic mass is 10.1. The number of anilines is 1. The molecule has 2 aromatic carbocycles. The lowest BCUT2D eigenvalue weighted by molar-refractivity contribution is 0.187. The summed E-state index contributed by atoms with van der Waals surface area (Å²) in [5.41, 5.74) is 7.45. The number of hydrogen-bond donors (Lipinski definition) is 2. The lowest BCUT2D eigenvalue weighted by Gasteiger charge is -2.23. The van der Waals surface area contributed by atoms with Crippen LogP contribution in [-0.4, -0.2) is 26.3 Å². The summed E-state index contributed by atoms with van der Waals surface area (Å²) in [6.45, 7) is 0.322. The van der Waals surface area contributed by atoms with E-state index in [2.05, 4.69) is 0 Å². The summed E-state index contributed by atoms with van der Waals surface area (Å²) in [7, 11) is -3.44. The van der Waals surface area contributed by atoms with E-state index in [1.807, 2.05) is 30.3 Å². The van der Waals surface area contributed by atoms with Gasteiger partial charge in [0.25, 0.3) is 0 Å².